The van der Waals surface area contributed by atoms with Crippen LogP contribution < -0.4 is 0 Å². The van der Waals surface area contributed by atoms with Gasteiger partial charge in [-0.25, -0.2) is 9.97 Å². The monoisotopic (exact) mass is 1000 g/mol. The number of aliphatic imine (C=N–C) groups is 4. The van der Waals surface area contributed by atoms with Crippen molar-refractivity contribution in [3.05, 3.63) is 175 Å². The van der Waals surface area contributed by atoms with E-state index >= 15 is 0 Å². The predicted molar refractivity (Wildman–Crippen MR) is 266 cm³/mol. The van der Waals surface area contributed by atoms with Gasteiger partial charge in [-0.15, -0.1) is 0 Å². The normalized spacial score (nSPS) is 12.2. The molecule has 6 nitrogen and oxygen atoms in total. The molecule has 0 radical (unpaired) electrons. The van der Waals surface area contributed by atoms with Gasteiger partial charge in [-0.05, 0) is 194 Å². The van der Waals surface area contributed by atoms with Gasteiger partial charge in [-0.1, -0.05) is 48.5 Å². The quantitative estimate of drug-likeness (QED) is 0.101. The molecule has 0 bridgehead atoms. The molecule has 0 unspecified atom stereocenters. The Labute approximate surface area is 404 Å². The molecule has 332 valence electrons. The average Bonchev–Trinajstić information content (AvgIpc) is 3.20. The van der Waals surface area contributed by atoms with Crippen molar-refractivity contribution in [1.29, 1.82) is 0 Å². The number of benzene rings is 4. The van der Waals surface area contributed by atoms with Gasteiger partial charge in [0.2, 0.25) is 0 Å². The minimum absolute atomic E-state index is 0.194. The van der Waals surface area contributed by atoms with E-state index in [1.807, 2.05) is 64.1 Å². The van der Waals surface area contributed by atoms with Crippen molar-refractivity contribution in [3.8, 4) is 0 Å². The van der Waals surface area contributed by atoms with Crippen LogP contribution in [-0.4, -0.2) is 32.8 Å². The van der Waals surface area contributed by atoms with Crippen LogP contribution in [0.25, 0.3) is 0 Å². The Bertz CT molecular complexity index is 2420. The SMILES string of the molecule is CC(=Nc1cc(C)cc(C)c1)c1cccc(C(C)=Nc2c(C)cc(Cc3cc(C)c(N=C(C)c4cccc(C(C)=Nc5cc(C)cc(C)c5)n4)c(C)c3)cc2C)n1.[Cl][Fe][Cl].[Cl][Fe][Cl]. The molecule has 0 atom stereocenters. The zero-order valence-corrected chi connectivity index (χ0v) is 43.1. The summed E-state index contributed by atoms with van der Waals surface area (Å²) >= 11 is 0.389. The van der Waals surface area contributed by atoms with Crippen molar-refractivity contribution in [1.82, 2.24) is 9.97 Å². The van der Waals surface area contributed by atoms with Crippen LogP contribution in [0.15, 0.2) is 117 Å². The van der Waals surface area contributed by atoms with Crippen LogP contribution in [0, 0.1) is 55.4 Å². The van der Waals surface area contributed by atoms with Gasteiger partial charge >= 0.3 is 66.7 Å². The zero-order valence-electron chi connectivity index (χ0n) is 37.8. The van der Waals surface area contributed by atoms with Crippen LogP contribution in [0.5, 0.6) is 0 Å². The summed E-state index contributed by atoms with van der Waals surface area (Å²) in [6.07, 6.45) is 0.820. The number of rotatable bonds is 10. The molecule has 0 N–H and O–H groups in total. The van der Waals surface area contributed by atoms with Crippen LogP contribution in [-0.2, 0) is 32.7 Å². The first-order chi connectivity index (χ1) is 29.9. The molecule has 0 fully saturated rings. The first kappa shape index (κ1) is 51.7. The first-order valence-electron chi connectivity index (χ1n) is 20.2. The topological polar surface area (TPSA) is 75.2 Å². The Morgan fingerprint density at radius 2 is 0.667 bits per heavy atom. The molecule has 0 aliphatic heterocycles. The van der Waals surface area contributed by atoms with Crippen LogP contribution in [0.3, 0.4) is 0 Å². The van der Waals surface area contributed by atoms with Gasteiger partial charge in [0, 0.05) is 0 Å². The molecule has 2 heterocycles. The number of hydrogen-bond acceptors (Lipinski definition) is 6. The van der Waals surface area contributed by atoms with Crippen molar-refractivity contribution >= 4 is 86.0 Å². The van der Waals surface area contributed by atoms with Gasteiger partial charge in [0.1, 0.15) is 0 Å². The minimum atomic E-state index is 0.194. The standard InChI is InChI=1S/C51H54N6.4ClH.2Fe/c1-30-19-31(2)22-44(21-30)52-38(9)46-15-13-17-48(56-46)40(11)54-50-34(5)25-42(26-35(50)6)29-43-27-36(7)51(37(8)28-43)55-41(12)49-18-14-16-47(57-49)39(10)53-45-23-32(3)20-33(4)24-45;;;;;;/h13-28H,29H2,1-12H3;4*1H;;/q;;;;;2*+2/p-4. The molecule has 4 aromatic carbocycles. The molecular formula is C51H54Cl4Fe2N6. The third-order valence-corrected chi connectivity index (χ3v) is 10.1. The summed E-state index contributed by atoms with van der Waals surface area (Å²) in [7, 11) is 19.1. The van der Waals surface area contributed by atoms with Gasteiger partial charge in [-0.2, -0.15) is 0 Å². The third-order valence-electron chi connectivity index (χ3n) is 10.1. The maximum absolute atomic E-state index is 5.10. The fraction of sp³-hybridized carbons (Fsp3) is 0.255. The van der Waals surface area contributed by atoms with E-state index in [-0.39, 0.29) is 26.3 Å². The van der Waals surface area contributed by atoms with E-state index in [1.165, 1.54) is 33.4 Å². The fourth-order valence-corrected chi connectivity index (χ4v) is 7.54. The summed E-state index contributed by atoms with van der Waals surface area (Å²) in [4.78, 5) is 29.9. The molecule has 0 saturated heterocycles. The summed E-state index contributed by atoms with van der Waals surface area (Å²) in [5.41, 5.74) is 22.6. The van der Waals surface area contributed by atoms with E-state index in [1.54, 1.807) is 0 Å². The zero-order chi connectivity index (χ0) is 46.4. The molecule has 0 spiro atoms. The molecule has 6 aromatic rings. The second-order valence-electron chi connectivity index (χ2n) is 15.7. The summed E-state index contributed by atoms with van der Waals surface area (Å²) in [6.45, 7) is 25.0. The molecule has 12 heteroatoms. The molecule has 63 heavy (non-hydrogen) atoms. The van der Waals surface area contributed by atoms with Crippen molar-refractivity contribution < 1.29 is 26.3 Å². The maximum atomic E-state index is 5.10. The molecule has 6 rings (SSSR count). The van der Waals surface area contributed by atoms with Crippen molar-refractivity contribution in [2.45, 2.75) is 89.5 Å². The first-order valence-corrected chi connectivity index (χ1v) is 26.3. The Balaban J connectivity index is 0.00000137. The molecule has 0 aliphatic rings. The summed E-state index contributed by atoms with van der Waals surface area (Å²) in [6, 6.07) is 33.9. The number of pyridine rings is 2. The van der Waals surface area contributed by atoms with Gasteiger partial charge in [-0.3, -0.25) is 20.0 Å². The van der Waals surface area contributed by atoms with E-state index in [9.17, 15) is 0 Å². The average molecular weight is 1000 g/mol. The van der Waals surface area contributed by atoms with E-state index < -0.39 is 0 Å². The van der Waals surface area contributed by atoms with Gasteiger partial charge in [0.25, 0.3) is 0 Å². The van der Waals surface area contributed by atoms with E-state index in [0.717, 1.165) is 97.0 Å². The van der Waals surface area contributed by atoms with Crippen molar-refractivity contribution in [2.75, 3.05) is 0 Å². The molecule has 0 saturated carbocycles. The summed E-state index contributed by atoms with van der Waals surface area (Å²) < 4.78 is 0. The Hall–Kier alpha value is -3.94. The molecule has 0 aliphatic carbocycles. The molecule has 0 amide bonds. The van der Waals surface area contributed by atoms with E-state index in [0.29, 0.717) is 0 Å². The van der Waals surface area contributed by atoms with Gasteiger partial charge < -0.3 is 0 Å². The second kappa shape index (κ2) is 24.9. The van der Waals surface area contributed by atoms with Crippen LogP contribution in [0.1, 0.15) is 106 Å². The second-order valence-corrected chi connectivity index (χ2v) is 19.4. The number of nitrogens with zero attached hydrogens (tertiary/aromatic N) is 6. The Kier molecular flexibility index (Phi) is 20.5. The van der Waals surface area contributed by atoms with Gasteiger partial charge in [0.15, 0.2) is 0 Å². The van der Waals surface area contributed by atoms with E-state index in [2.05, 4.69) is 116 Å². The van der Waals surface area contributed by atoms with Crippen LogP contribution in [0.2, 0.25) is 0 Å². The fourth-order valence-electron chi connectivity index (χ4n) is 7.54. The Morgan fingerprint density at radius 3 is 0.937 bits per heavy atom. The number of hydrogen-bond donors (Lipinski definition) is 0. The van der Waals surface area contributed by atoms with Crippen molar-refractivity contribution in [3.63, 3.8) is 0 Å². The van der Waals surface area contributed by atoms with Gasteiger partial charge in [0.05, 0.1) is 68.4 Å². The molecular weight excluding hydrogens is 950 g/mol. The number of halogens is 4. The summed E-state index contributed by atoms with van der Waals surface area (Å²) in [5.74, 6) is 0. The Morgan fingerprint density at radius 1 is 0.413 bits per heavy atom. The number of aromatic nitrogens is 2. The number of aryl methyl sites for hydroxylation is 8. The van der Waals surface area contributed by atoms with Crippen molar-refractivity contribution in [2.24, 2.45) is 20.0 Å². The predicted octanol–water partition coefficient (Wildman–Crippen LogP) is 15.9. The molecule has 2 aromatic heterocycles. The van der Waals surface area contributed by atoms with Crippen LogP contribution >= 0.6 is 40.4 Å². The summed E-state index contributed by atoms with van der Waals surface area (Å²) in [5, 5.41) is 0. The third kappa shape index (κ3) is 15.6. The van der Waals surface area contributed by atoms with Crippen LogP contribution in [0.4, 0.5) is 22.7 Å². The van der Waals surface area contributed by atoms with E-state index in [4.69, 9.17) is 70.3 Å².